The van der Waals surface area contributed by atoms with E-state index in [1.807, 2.05) is 53.7 Å². The van der Waals surface area contributed by atoms with Crippen molar-refractivity contribution >= 4 is 34.8 Å². The Balaban J connectivity index is 1.54. The van der Waals surface area contributed by atoms with Crippen LogP contribution in [-0.2, 0) is 4.74 Å². The van der Waals surface area contributed by atoms with Crippen LogP contribution in [0.25, 0.3) is 0 Å². The van der Waals surface area contributed by atoms with Gasteiger partial charge >= 0.3 is 6.09 Å². The van der Waals surface area contributed by atoms with Crippen LogP contribution in [0.4, 0.5) is 16.3 Å². The lowest BCUT2D eigenvalue weighted by molar-refractivity contribution is 0.0989. The summed E-state index contributed by atoms with van der Waals surface area (Å²) in [7, 11) is 3.25. The van der Waals surface area contributed by atoms with Crippen LogP contribution in [0.15, 0.2) is 54.3 Å². The summed E-state index contributed by atoms with van der Waals surface area (Å²) in [4.78, 5) is 37.7. The van der Waals surface area contributed by atoms with Crippen molar-refractivity contribution < 1.29 is 19.1 Å². The first kappa shape index (κ1) is 22.5. The van der Waals surface area contributed by atoms with Gasteiger partial charge in [-0.15, -0.1) is 11.3 Å². The fraction of sp³-hybridized carbons (Fsp3) is 0.304. The van der Waals surface area contributed by atoms with Gasteiger partial charge in [-0.3, -0.25) is 4.79 Å². The Kier molecular flexibility index (Phi) is 7.04. The molecule has 2 amide bonds. The van der Waals surface area contributed by atoms with Crippen molar-refractivity contribution in [2.75, 3.05) is 43.6 Å². The van der Waals surface area contributed by atoms with Gasteiger partial charge in [0.2, 0.25) is 0 Å². The standard InChI is InChI=1S/C23H25N5O4S/c1-27-10-11-28(22(29)18-14-24-15-26-21(18)27)16-5-3-6-17(13-16)32-19(20-7-4-12-33-20)8-9-25-23(30)31-2/h3-7,12-15,19H,8-11H2,1-2H3,(H,25,30). The second-order valence-corrected chi connectivity index (χ2v) is 8.44. The number of carbonyl (C=O) groups excluding carboxylic acids is 2. The smallest absolute Gasteiger partial charge is 0.406 e. The molecule has 10 heteroatoms. The summed E-state index contributed by atoms with van der Waals surface area (Å²) < 4.78 is 10.9. The maximum absolute atomic E-state index is 13.3. The van der Waals surface area contributed by atoms with E-state index in [2.05, 4.69) is 20.0 Å². The summed E-state index contributed by atoms with van der Waals surface area (Å²) in [5.41, 5.74) is 1.20. The van der Waals surface area contributed by atoms with Crippen molar-refractivity contribution in [1.29, 1.82) is 0 Å². The van der Waals surface area contributed by atoms with Gasteiger partial charge < -0.3 is 24.6 Å². The van der Waals surface area contributed by atoms with Crippen LogP contribution in [0, 0.1) is 0 Å². The SMILES string of the molecule is COC(=O)NCCC(Oc1cccc(N2CCN(C)c3ncncc3C2=O)c1)c1cccs1. The number of carbonyl (C=O) groups is 2. The molecule has 3 aromatic rings. The Bertz CT molecular complexity index is 1110. The van der Waals surface area contributed by atoms with Crippen molar-refractivity contribution in [3.8, 4) is 5.75 Å². The topological polar surface area (TPSA) is 96.9 Å². The first-order chi connectivity index (χ1) is 16.1. The largest absolute Gasteiger partial charge is 0.485 e. The highest BCUT2D eigenvalue weighted by molar-refractivity contribution is 7.10. The summed E-state index contributed by atoms with van der Waals surface area (Å²) >= 11 is 1.59. The van der Waals surface area contributed by atoms with Gasteiger partial charge in [-0.25, -0.2) is 14.8 Å². The van der Waals surface area contributed by atoms with Gasteiger partial charge in [-0.2, -0.15) is 0 Å². The number of nitrogens with one attached hydrogen (secondary N) is 1. The normalized spacial score (nSPS) is 14.3. The number of fused-ring (bicyclic) bond motifs is 1. The Morgan fingerprint density at radius 1 is 1.27 bits per heavy atom. The van der Waals surface area contributed by atoms with E-state index in [0.29, 0.717) is 43.2 Å². The number of nitrogens with zero attached hydrogens (tertiary/aromatic N) is 4. The highest BCUT2D eigenvalue weighted by atomic mass is 32.1. The number of hydrogen-bond donors (Lipinski definition) is 1. The summed E-state index contributed by atoms with van der Waals surface area (Å²) in [5, 5.41) is 4.68. The number of anilines is 2. The molecule has 2 aromatic heterocycles. The number of methoxy groups -OCH3 is 1. The van der Waals surface area contributed by atoms with E-state index in [-0.39, 0.29) is 12.0 Å². The molecule has 4 rings (SSSR count). The van der Waals surface area contributed by atoms with Gasteiger partial charge in [0.15, 0.2) is 0 Å². The average Bonchev–Trinajstić information content (AvgIpc) is 3.34. The predicted octanol–water partition coefficient (Wildman–Crippen LogP) is 3.50. The van der Waals surface area contributed by atoms with E-state index in [1.54, 1.807) is 22.4 Å². The fourth-order valence-corrected chi connectivity index (χ4v) is 4.42. The van der Waals surface area contributed by atoms with Gasteiger partial charge in [-0.05, 0) is 23.6 Å². The Morgan fingerprint density at radius 2 is 2.15 bits per heavy atom. The van der Waals surface area contributed by atoms with E-state index in [4.69, 9.17) is 4.74 Å². The first-order valence-corrected chi connectivity index (χ1v) is 11.4. The monoisotopic (exact) mass is 467 g/mol. The van der Waals surface area contributed by atoms with Gasteiger partial charge in [0, 0.05) is 55.9 Å². The zero-order valence-corrected chi connectivity index (χ0v) is 19.2. The summed E-state index contributed by atoms with van der Waals surface area (Å²) in [5.74, 6) is 1.11. The number of likely N-dealkylation sites (N-methyl/N-ethyl adjacent to an activating group) is 1. The minimum Gasteiger partial charge on any atom is -0.485 e. The highest BCUT2D eigenvalue weighted by Gasteiger charge is 2.27. The second-order valence-electron chi connectivity index (χ2n) is 7.46. The molecule has 33 heavy (non-hydrogen) atoms. The summed E-state index contributed by atoms with van der Waals surface area (Å²) in [6.07, 6.45) is 2.85. The molecule has 0 saturated carbocycles. The molecule has 1 unspecified atom stereocenters. The zero-order valence-electron chi connectivity index (χ0n) is 18.4. The Labute approximate surface area is 196 Å². The quantitative estimate of drug-likeness (QED) is 0.568. The third kappa shape index (κ3) is 5.23. The Hall–Kier alpha value is -3.66. The molecule has 1 aromatic carbocycles. The van der Waals surface area contributed by atoms with Gasteiger partial charge in [0.05, 0.1) is 7.11 Å². The molecule has 0 aliphatic carbocycles. The molecule has 1 N–H and O–H groups in total. The molecule has 1 aliphatic heterocycles. The number of hydrogen-bond acceptors (Lipinski definition) is 8. The summed E-state index contributed by atoms with van der Waals surface area (Å²) in [6.45, 7) is 1.55. The van der Waals surface area contributed by atoms with Crippen LogP contribution < -0.4 is 19.9 Å². The van der Waals surface area contributed by atoms with Crippen molar-refractivity contribution in [1.82, 2.24) is 15.3 Å². The van der Waals surface area contributed by atoms with E-state index in [9.17, 15) is 9.59 Å². The summed E-state index contributed by atoms with van der Waals surface area (Å²) in [6, 6.07) is 11.4. The molecule has 172 valence electrons. The molecule has 0 fully saturated rings. The number of amides is 2. The maximum atomic E-state index is 13.3. The van der Waals surface area contributed by atoms with Crippen molar-refractivity contribution in [2.24, 2.45) is 0 Å². The van der Waals surface area contributed by atoms with Crippen LogP contribution in [0.2, 0.25) is 0 Å². The van der Waals surface area contributed by atoms with Crippen LogP contribution >= 0.6 is 11.3 Å². The average molecular weight is 468 g/mol. The molecular formula is C23H25N5O4S. The molecule has 0 saturated heterocycles. The first-order valence-electron chi connectivity index (χ1n) is 10.5. The van der Waals surface area contributed by atoms with Crippen LogP contribution in [0.5, 0.6) is 5.75 Å². The zero-order chi connectivity index (χ0) is 23.2. The lowest BCUT2D eigenvalue weighted by atomic mass is 10.2. The molecule has 0 bridgehead atoms. The minimum atomic E-state index is -0.476. The lowest BCUT2D eigenvalue weighted by Crippen LogP contribution is -2.33. The molecule has 3 heterocycles. The Morgan fingerprint density at radius 3 is 2.94 bits per heavy atom. The van der Waals surface area contributed by atoms with Crippen LogP contribution in [0.3, 0.4) is 0 Å². The van der Waals surface area contributed by atoms with Gasteiger partial charge in [-0.1, -0.05) is 12.1 Å². The van der Waals surface area contributed by atoms with E-state index in [0.717, 1.165) is 10.6 Å². The molecule has 0 radical (unpaired) electrons. The van der Waals surface area contributed by atoms with Crippen molar-refractivity contribution in [3.05, 3.63) is 64.7 Å². The number of aromatic nitrogens is 2. The third-order valence-electron chi connectivity index (χ3n) is 5.32. The molecular weight excluding hydrogens is 442 g/mol. The van der Waals surface area contributed by atoms with E-state index < -0.39 is 6.09 Å². The molecule has 9 nitrogen and oxygen atoms in total. The van der Waals surface area contributed by atoms with Gasteiger partial charge in [0.25, 0.3) is 5.91 Å². The van der Waals surface area contributed by atoms with Crippen LogP contribution in [0.1, 0.15) is 27.8 Å². The highest BCUT2D eigenvalue weighted by Crippen LogP contribution is 2.31. The fourth-order valence-electron chi connectivity index (χ4n) is 3.63. The van der Waals surface area contributed by atoms with Crippen molar-refractivity contribution in [3.63, 3.8) is 0 Å². The van der Waals surface area contributed by atoms with Gasteiger partial charge in [0.1, 0.15) is 29.6 Å². The molecule has 0 spiro atoms. The number of alkyl carbamates (subject to hydrolysis) is 1. The van der Waals surface area contributed by atoms with E-state index >= 15 is 0 Å². The molecule has 1 atom stereocenters. The third-order valence-corrected chi connectivity index (χ3v) is 6.28. The second kappa shape index (κ2) is 10.3. The number of benzene rings is 1. The predicted molar refractivity (Wildman–Crippen MR) is 126 cm³/mol. The van der Waals surface area contributed by atoms with Crippen LogP contribution in [-0.4, -0.2) is 55.8 Å². The maximum Gasteiger partial charge on any atom is 0.406 e. The minimum absolute atomic E-state index is 0.149. The number of ether oxygens (including phenoxy) is 2. The lowest BCUT2D eigenvalue weighted by Gasteiger charge is -2.23. The van der Waals surface area contributed by atoms with Crippen molar-refractivity contribution in [2.45, 2.75) is 12.5 Å². The number of rotatable bonds is 7. The number of thiophene rings is 1. The molecule has 1 aliphatic rings. The van der Waals surface area contributed by atoms with E-state index in [1.165, 1.54) is 13.4 Å².